The number of aryl methyl sites for hydroxylation is 1. The number of phenols is 1. The van der Waals surface area contributed by atoms with Crippen LogP contribution in [-0.2, 0) is 4.74 Å². The minimum Gasteiger partial charge on any atom is -0.507 e. The van der Waals surface area contributed by atoms with E-state index in [1.807, 2.05) is 6.92 Å². The summed E-state index contributed by atoms with van der Waals surface area (Å²) in [6.45, 7) is 2.87. The molecule has 3 rings (SSSR count). The smallest absolute Gasteiger partial charge is 0.222 e. The summed E-state index contributed by atoms with van der Waals surface area (Å²) < 4.78 is 19.4. The molecule has 6 N–H and O–H groups in total. The van der Waals surface area contributed by atoms with Gasteiger partial charge in [0.25, 0.3) is 0 Å². The summed E-state index contributed by atoms with van der Waals surface area (Å²) in [5.41, 5.74) is 8.37. The Morgan fingerprint density at radius 2 is 1.93 bits per heavy atom. The molecule has 8 nitrogen and oxygen atoms in total. The summed E-state index contributed by atoms with van der Waals surface area (Å²) in [7, 11) is 0. The van der Waals surface area contributed by atoms with E-state index in [1.54, 1.807) is 30.3 Å². The fraction of sp³-hybridized carbons (Fsp3) is 0.238. The monoisotopic (exact) mass is 413 g/mol. The predicted molar refractivity (Wildman–Crippen MR) is 114 cm³/mol. The van der Waals surface area contributed by atoms with Gasteiger partial charge in [0.2, 0.25) is 5.95 Å². The molecule has 0 aliphatic carbocycles. The van der Waals surface area contributed by atoms with E-state index in [-0.39, 0.29) is 30.7 Å². The summed E-state index contributed by atoms with van der Waals surface area (Å²) in [5.74, 6) is 0.132. The number of aromatic nitrogens is 2. The molecule has 0 bridgehead atoms. The number of aliphatic hydroxyl groups is 1. The molecule has 0 unspecified atom stereocenters. The minimum atomic E-state index is -0.370. The van der Waals surface area contributed by atoms with E-state index >= 15 is 0 Å². The number of nitrogens with one attached hydrogen (secondary N) is 2. The Labute approximate surface area is 173 Å². The van der Waals surface area contributed by atoms with Gasteiger partial charge in [-0.05, 0) is 42.8 Å². The van der Waals surface area contributed by atoms with Gasteiger partial charge >= 0.3 is 0 Å². The second kappa shape index (κ2) is 9.86. The number of aromatic hydroxyl groups is 1. The minimum absolute atomic E-state index is 0.000238. The van der Waals surface area contributed by atoms with Crippen molar-refractivity contribution >= 4 is 23.1 Å². The van der Waals surface area contributed by atoms with Crippen LogP contribution in [0.1, 0.15) is 5.56 Å². The van der Waals surface area contributed by atoms with Crippen LogP contribution in [0.5, 0.6) is 5.75 Å². The summed E-state index contributed by atoms with van der Waals surface area (Å²) in [6.07, 6.45) is 0. The highest BCUT2D eigenvalue weighted by Crippen LogP contribution is 2.33. The van der Waals surface area contributed by atoms with Crippen LogP contribution in [-0.4, -0.2) is 46.5 Å². The number of hydrogen-bond donors (Lipinski definition) is 5. The predicted octanol–water partition coefficient (Wildman–Crippen LogP) is 3.04. The number of nitrogens with zero attached hydrogens (tertiary/aromatic N) is 2. The molecule has 0 fully saturated rings. The van der Waals surface area contributed by atoms with Crippen molar-refractivity contribution in [2.24, 2.45) is 0 Å². The maximum atomic E-state index is 14.2. The second-order valence-electron chi connectivity index (χ2n) is 6.60. The summed E-state index contributed by atoms with van der Waals surface area (Å²) in [4.78, 5) is 8.32. The van der Waals surface area contributed by atoms with Crippen molar-refractivity contribution in [3.05, 3.63) is 53.8 Å². The normalized spacial score (nSPS) is 10.8. The first-order valence-electron chi connectivity index (χ1n) is 9.40. The average molecular weight is 413 g/mol. The number of rotatable bonds is 9. The number of nitrogen functional groups attached to an aromatic ring is 1. The molecule has 30 heavy (non-hydrogen) atoms. The Balaban J connectivity index is 1.81. The average Bonchev–Trinajstić information content (AvgIpc) is 2.71. The topological polar surface area (TPSA) is 126 Å². The van der Waals surface area contributed by atoms with E-state index in [0.29, 0.717) is 41.6 Å². The number of hydrogen-bond acceptors (Lipinski definition) is 8. The van der Waals surface area contributed by atoms with Gasteiger partial charge < -0.3 is 31.3 Å². The van der Waals surface area contributed by atoms with E-state index < -0.39 is 0 Å². The molecular weight excluding hydrogens is 389 g/mol. The van der Waals surface area contributed by atoms with Crippen molar-refractivity contribution in [1.29, 1.82) is 0 Å². The lowest BCUT2D eigenvalue weighted by Gasteiger charge is -2.12. The molecule has 1 heterocycles. The number of nitrogens with two attached hydrogens (primary N) is 1. The van der Waals surface area contributed by atoms with Crippen LogP contribution in [0, 0.1) is 12.7 Å². The van der Waals surface area contributed by atoms with Gasteiger partial charge in [-0.2, -0.15) is 4.98 Å². The molecular formula is C21H24FN5O3. The van der Waals surface area contributed by atoms with Gasteiger partial charge in [0.1, 0.15) is 17.4 Å². The molecule has 2 aromatic carbocycles. The highest BCUT2D eigenvalue weighted by Gasteiger charge is 2.12. The molecule has 0 aliphatic rings. The lowest BCUT2D eigenvalue weighted by Crippen LogP contribution is -2.13. The Morgan fingerprint density at radius 3 is 2.70 bits per heavy atom. The van der Waals surface area contributed by atoms with Crippen LogP contribution in [0.25, 0.3) is 11.3 Å². The van der Waals surface area contributed by atoms with Gasteiger partial charge in [-0.15, -0.1) is 0 Å². The zero-order valence-electron chi connectivity index (χ0n) is 16.5. The van der Waals surface area contributed by atoms with Crippen molar-refractivity contribution < 1.29 is 19.3 Å². The van der Waals surface area contributed by atoms with E-state index in [4.69, 9.17) is 15.6 Å². The number of anilines is 4. The third kappa shape index (κ3) is 5.56. The molecule has 0 saturated carbocycles. The fourth-order valence-corrected chi connectivity index (χ4v) is 2.81. The first-order valence-corrected chi connectivity index (χ1v) is 9.40. The summed E-state index contributed by atoms with van der Waals surface area (Å²) >= 11 is 0. The molecule has 0 amide bonds. The first kappa shape index (κ1) is 21.3. The van der Waals surface area contributed by atoms with Gasteiger partial charge in [0.15, 0.2) is 0 Å². The van der Waals surface area contributed by atoms with Crippen molar-refractivity contribution in [3.8, 4) is 17.0 Å². The van der Waals surface area contributed by atoms with Gasteiger partial charge in [0.05, 0.1) is 31.2 Å². The third-order valence-electron chi connectivity index (χ3n) is 4.21. The molecule has 0 saturated heterocycles. The largest absolute Gasteiger partial charge is 0.507 e. The van der Waals surface area contributed by atoms with Gasteiger partial charge in [-0.25, -0.2) is 9.37 Å². The number of halogens is 1. The summed E-state index contributed by atoms with van der Waals surface area (Å²) in [6, 6.07) is 11.3. The number of ether oxygens (including phenoxy) is 1. The van der Waals surface area contributed by atoms with Crippen LogP contribution in [0.15, 0.2) is 42.5 Å². The molecule has 0 radical (unpaired) electrons. The lowest BCUT2D eigenvalue weighted by atomic mass is 10.1. The third-order valence-corrected chi connectivity index (χ3v) is 4.21. The van der Waals surface area contributed by atoms with Crippen LogP contribution in [0.2, 0.25) is 0 Å². The van der Waals surface area contributed by atoms with Crippen LogP contribution in [0.4, 0.5) is 27.5 Å². The van der Waals surface area contributed by atoms with Crippen LogP contribution < -0.4 is 16.4 Å². The van der Waals surface area contributed by atoms with Gasteiger partial charge in [-0.3, -0.25) is 0 Å². The van der Waals surface area contributed by atoms with Crippen LogP contribution in [0.3, 0.4) is 0 Å². The van der Waals surface area contributed by atoms with Crippen molar-refractivity contribution in [2.75, 3.05) is 42.7 Å². The summed E-state index contributed by atoms with van der Waals surface area (Å²) in [5, 5.41) is 25.1. The Hall–Kier alpha value is -3.43. The molecule has 3 aromatic rings. The van der Waals surface area contributed by atoms with E-state index in [9.17, 15) is 9.50 Å². The van der Waals surface area contributed by atoms with Crippen molar-refractivity contribution in [1.82, 2.24) is 9.97 Å². The maximum absolute atomic E-state index is 14.2. The number of phenolic OH excluding ortho intramolecular Hbond substituents is 1. The Morgan fingerprint density at radius 1 is 1.10 bits per heavy atom. The fourth-order valence-electron chi connectivity index (χ4n) is 2.81. The highest BCUT2D eigenvalue weighted by molar-refractivity contribution is 5.75. The zero-order valence-corrected chi connectivity index (χ0v) is 16.5. The molecule has 0 spiro atoms. The zero-order chi connectivity index (χ0) is 21.5. The molecule has 0 atom stereocenters. The van der Waals surface area contributed by atoms with Gasteiger partial charge in [0, 0.05) is 23.9 Å². The quantitative estimate of drug-likeness (QED) is 0.268. The maximum Gasteiger partial charge on any atom is 0.222 e. The first-order chi connectivity index (χ1) is 14.5. The van der Waals surface area contributed by atoms with Crippen molar-refractivity contribution in [2.45, 2.75) is 6.92 Å². The van der Waals surface area contributed by atoms with Gasteiger partial charge in [-0.1, -0.05) is 6.07 Å². The standard InChI is InChI=1S/C21H24FN5O3/c1-13-2-4-17(16(22)10-13)25-14-3-5-19(29)15(11-14)18-12-20(27-21(23)26-18)24-6-8-30-9-7-28/h2-5,10-12,25,28-29H,6-9H2,1H3,(H3,23,24,26,27). The van der Waals surface area contributed by atoms with E-state index in [1.165, 1.54) is 12.1 Å². The molecule has 0 aliphatic heterocycles. The molecule has 1 aromatic heterocycles. The number of aliphatic hydroxyl groups excluding tert-OH is 1. The van der Waals surface area contributed by atoms with Crippen LogP contribution >= 0.6 is 0 Å². The SMILES string of the molecule is Cc1ccc(Nc2ccc(O)c(-c3cc(NCCOCCO)nc(N)n3)c2)c(F)c1. The van der Waals surface area contributed by atoms with E-state index in [2.05, 4.69) is 20.6 Å². The van der Waals surface area contributed by atoms with E-state index in [0.717, 1.165) is 5.56 Å². The highest BCUT2D eigenvalue weighted by atomic mass is 19.1. The Bertz CT molecular complexity index is 1020. The lowest BCUT2D eigenvalue weighted by molar-refractivity contribution is 0.0992. The van der Waals surface area contributed by atoms with Crippen molar-refractivity contribution in [3.63, 3.8) is 0 Å². The Kier molecular flexibility index (Phi) is 6.99. The molecule has 158 valence electrons. The second-order valence-corrected chi connectivity index (χ2v) is 6.60. The number of benzene rings is 2. The molecule has 9 heteroatoms.